The Balaban J connectivity index is 1.72. The number of phenolic OH excluding ortho intramolecular Hbond substituents is 2. The number of ether oxygens (including phenoxy) is 1. The van der Waals surface area contributed by atoms with E-state index in [1.807, 2.05) is 0 Å². The van der Waals surface area contributed by atoms with Crippen LogP contribution in [0.25, 0.3) is 11.0 Å². The fourth-order valence-corrected chi connectivity index (χ4v) is 4.56. The van der Waals surface area contributed by atoms with Crippen LogP contribution < -0.4 is 10.2 Å². The molecule has 176 valence electrons. The van der Waals surface area contributed by atoms with Crippen LogP contribution in [0.2, 0.25) is 0 Å². The maximum Gasteiger partial charge on any atom is 0.193 e. The molecule has 1 unspecified atom stereocenters. The second-order valence-electron chi connectivity index (χ2n) is 9.12. The summed E-state index contributed by atoms with van der Waals surface area (Å²) in [6, 6.07) is 6.68. The second kappa shape index (κ2) is 8.44. The summed E-state index contributed by atoms with van der Waals surface area (Å²) in [6.07, 6.45) is -0.00674. The molecule has 0 saturated carbocycles. The monoisotopic (exact) mass is 464 g/mol. The van der Waals surface area contributed by atoms with Gasteiger partial charge in [-0.15, -0.1) is 0 Å². The van der Waals surface area contributed by atoms with Crippen LogP contribution in [-0.4, -0.2) is 33.2 Å². The summed E-state index contributed by atoms with van der Waals surface area (Å²) in [5.41, 5.74) is -0.287. The van der Waals surface area contributed by atoms with Gasteiger partial charge in [0, 0.05) is 37.5 Å². The Bertz CT molecular complexity index is 1410. The first-order valence-electron chi connectivity index (χ1n) is 10.8. The molecule has 8 nitrogen and oxygen atoms in total. The zero-order valence-electron chi connectivity index (χ0n) is 19.1. The number of aromatic hydroxyl groups is 2. The van der Waals surface area contributed by atoms with Crippen molar-refractivity contribution in [2.24, 2.45) is 0 Å². The Hall–Kier alpha value is -3.94. The zero-order valence-corrected chi connectivity index (χ0v) is 19.1. The highest BCUT2D eigenvalue weighted by Gasteiger charge is 2.39. The summed E-state index contributed by atoms with van der Waals surface area (Å²) in [6.45, 7) is 4.48. The molecule has 0 aliphatic carbocycles. The number of fused-ring (bicyclic) bond motifs is 2. The van der Waals surface area contributed by atoms with Gasteiger partial charge in [0.05, 0.1) is 17.4 Å². The van der Waals surface area contributed by atoms with Crippen molar-refractivity contribution in [2.75, 3.05) is 0 Å². The fraction of sp³-hybridized carbons (Fsp3) is 0.308. The molecule has 8 heteroatoms. The normalized spacial score (nSPS) is 17.3. The van der Waals surface area contributed by atoms with E-state index in [0.717, 1.165) is 0 Å². The van der Waals surface area contributed by atoms with Crippen LogP contribution in [0.5, 0.6) is 17.2 Å². The standard InChI is InChI=1S/C26H24O8/c1-13(27)4-15-6-17(29)8-22-24(15)20(31)10-19(33-22)11-26(3)12-21(32)25-16(5-14(2)28)7-18(30)9-23(25)34-26/h6-10,29-30H,4-5,11-12H2,1-3H3. The molecule has 0 spiro atoms. The summed E-state index contributed by atoms with van der Waals surface area (Å²) in [7, 11) is 0. The number of Topliss-reactive ketones (excluding diaryl/α,β-unsaturated/α-hetero) is 3. The minimum atomic E-state index is -1.09. The third-order valence-corrected chi connectivity index (χ3v) is 5.71. The van der Waals surface area contributed by atoms with Gasteiger partial charge < -0.3 is 19.4 Å². The van der Waals surface area contributed by atoms with Crippen LogP contribution in [0.15, 0.2) is 39.5 Å². The number of benzene rings is 2. The topological polar surface area (TPSA) is 131 Å². The predicted octanol–water partition coefficient (Wildman–Crippen LogP) is 3.43. The van der Waals surface area contributed by atoms with Crippen molar-refractivity contribution < 1.29 is 33.8 Å². The molecule has 0 fully saturated rings. The van der Waals surface area contributed by atoms with Gasteiger partial charge in [-0.05, 0) is 44.0 Å². The fourth-order valence-electron chi connectivity index (χ4n) is 4.56. The second-order valence-corrected chi connectivity index (χ2v) is 9.12. The van der Waals surface area contributed by atoms with Gasteiger partial charge >= 0.3 is 0 Å². The van der Waals surface area contributed by atoms with Crippen molar-refractivity contribution in [1.82, 2.24) is 0 Å². The summed E-state index contributed by atoms with van der Waals surface area (Å²) >= 11 is 0. The molecule has 3 aromatic rings. The van der Waals surface area contributed by atoms with E-state index in [-0.39, 0.29) is 88.0 Å². The van der Waals surface area contributed by atoms with Crippen molar-refractivity contribution in [1.29, 1.82) is 0 Å². The first-order chi connectivity index (χ1) is 15.9. The molecule has 2 heterocycles. The molecule has 4 rings (SSSR count). The van der Waals surface area contributed by atoms with Crippen molar-refractivity contribution in [3.63, 3.8) is 0 Å². The van der Waals surface area contributed by atoms with E-state index in [4.69, 9.17) is 9.15 Å². The molecular weight excluding hydrogens is 440 g/mol. The van der Waals surface area contributed by atoms with Gasteiger partial charge in [-0.3, -0.25) is 19.2 Å². The number of carbonyl (C=O) groups is 3. The molecule has 0 radical (unpaired) electrons. The smallest absolute Gasteiger partial charge is 0.193 e. The molecule has 1 aromatic heterocycles. The summed E-state index contributed by atoms with van der Waals surface area (Å²) in [5, 5.41) is 20.3. The van der Waals surface area contributed by atoms with Gasteiger partial charge in [0.1, 0.15) is 45.8 Å². The maximum absolute atomic E-state index is 13.0. The van der Waals surface area contributed by atoms with Crippen molar-refractivity contribution >= 4 is 28.3 Å². The number of carbonyl (C=O) groups excluding carboxylic acids is 3. The number of hydrogen-bond acceptors (Lipinski definition) is 8. The minimum absolute atomic E-state index is 0.00577. The molecular formula is C26H24O8. The predicted molar refractivity (Wildman–Crippen MR) is 123 cm³/mol. The quantitative estimate of drug-likeness (QED) is 0.567. The Morgan fingerprint density at radius 3 is 2.24 bits per heavy atom. The minimum Gasteiger partial charge on any atom is -0.508 e. The lowest BCUT2D eigenvalue weighted by Crippen LogP contribution is -2.41. The SMILES string of the molecule is CC(=O)Cc1cc(O)cc2c1C(=O)CC(C)(Cc1cc(=O)c3c(CC(C)=O)cc(O)cc3o1)O2. The van der Waals surface area contributed by atoms with Gasteiger partial charge in [-0.25, -0.2) is 0 Å². The van der Waals surface area contributed by atoms with Crippen LogP contribution in [0.4, 0.5) is 0 Å². The van der Waals surface area contributed by atoms with Crippen molar-refractivity contribution in [3.05, 3.63) is 63.0 Å². The number of ketones is 3. The van der Waals surface area contributed by atoms with E-state index in [0.29, 0.717) is 11.1 Å². The molecule has 34 heavy (non-hydrogen) atoms. The average molecular weight is 464 g/mol. The highest BCUT2D eigenvalue weighted by molar-refractivity contribution is 6.03. The van der Waals surface area contributed by atoms with E-state index in [9.17, 15) is 29.4 Å². The lowest BCUT2D eigenvalue weighted by atomic mass is 9.85. The van der Waals surface area contributed by atoms with Crippen LogP contribution in [0, 0.1) is 0 Å². The summed E-state index contributed by atoms with van der Waals surface area (Å²) in [5.74, 6) is -0.425. The van der Waals surface area contributed by atoms with Crippen molar-refractivity contribution in [2.45, 2.75) is 52.1 Å². The Morgan fingerprint density at radius 2 is 1.56 bits per heavy atom. The van der Waals surface area contributed by atoms with E-state index in [1.165, 1.54) is 44.2 Å². The van der Waals surface area contributed by atoms with Gasteiger partial charge in [0.25, 0.3) is 0 Å². The number of hydrogen-bond donors (Lipinski definition) is 2. The third-order valence-electron chi connectivity index (χ3n) is 5.71. The molecule has 2 N–H and O–H groups in total. The average Bonchev–Trinajstić information content (AvgIpc) is 2.64. The van der Waals surface area contributed by atoms with E-state index in [1.54, 1.807) is 6.92 Å². The maximum atomic E-state index is 13.0. The Labute approximate surface area is 194 Å². The molecule has 0 saturated heterocycles. The van der Waals surface area contributed by atoms with E-state index >= 15 is 0 Å². The zero-order chi connectivity index (χ0) is 24.8. The Morgan fingerprint density at radius 1 is 0.941 bits per heavy atom. The first-order valence-corrected chi connectivity index (χ1v) is 10.8. The first kappa shape index (κ1) is 23.2. The van der Waals surface area contributed by atoms with Gasteiger partial charge in [-0.2, -0.15) is 0 Å². The van der Waals surface area contributed by atoms with E-state index < -0.39 is 5.60 Å². The van der Waals surface area contributed by atoms with Crippen molar-refractivity contribution in [3.8, 4) is 17.2 Å². The van der Waals surface area contributed by atoms with Crippen LogP contribution >= 0.6 is 0 Å². The van der Waals surface area contributed by atoms with Gasteiger partial charge in [-0.1, -0.05) is 0 Å². The summed E-state index contributed by atoms with van der Waals surface area (Å²) < 4.78 is 12.0. The molecule has 0 bridgehead atoms. The molecule has 1 atom stereocenters. The third kappa shape index (κ3) is 4.57. The largest absolute Gasteiger partial charge is 0.508 e. The van der Waals surface area contributed by atoms with Crippen LogP contribution in [-0.2, 0) is 28.9 Å². The number of phenols is 2. The van der Waals surface area contributed by atoms with Gasteiger partial charge in [0.2, 0.25) is 0 Å². The summed E-state index contributed by atoms with van der Waals surface area (Å²) in [4.78, 5) is 49.1. The van der Waals surface area contributed by atoms with Gasteiger partial charge in [0.15, 0.2) is 11.2 Å². The Kier molecular flexibility index (Phi) is 5.77. The van der Waals surface area contributed by atoms with Crippen LogP contribution in [0.3, 0.4) is 0 Å². The molecule has 1 aliphatic rings. The highest BCUT2D eigenvalue weighted by Crippen LogP contribution is 2.39. The molecule has 0 amide bonds. The van der Waals surface area contributed by atoms with Crippen LogP contribution in [0.1, 0.15) is 54.4 Å². The molecule has 1 aliphatic heterocycles. The molecule has 2 aromatic carbocycles. The van der Waals surface area contributed by atoms with E-state index in [2.05, 4.69) is 0 Å². The lowest BCUT2D eigenvalue weighted by Gasteiger charge is -2.35. The number of rotatable bonds is 6. The highest BCUT2D eigenvalue weighted by atomic mass is 16.5. The lowest BCUT2D eigenvalue weighted by molar-refractivity contribution is -0.117.